The Labute approximate surface area is 235 Å². The number of hydrogen-bond acceptors (Lipinski definition) is 6. The summed E-state index contributed by atoms with van der Waals surface area (Å²) in [6.45, 7) is 2.40. The average molecular weight is 591 g/mol. The molecule has 0 saturated carbocycles. The largest absolute Gasteiger partial charge is 0.416 e. The SMILES string of the molecule is O=C(c1cscn1)N1CC[C@H](NC2CN(C(=O)c3sc4cc(-c5ccc(C(F)(F)F)cc5)ccc4c3Cl)C2)C1. The zero-order valence-corrected chi connectivity index (χ0v) is 22.8. The van der Waals surface area contributed by atoms with Crippen molar-refractivity contribution < 1.29 is 22.8 Å². The highest BCUT2D eigenvalue weighted by Gasteiger charge is 2.36. The molecule has 4 heterocycles. The summed E-state index contributed by atoms with van der Waals surface area (Å²) in [5.74, 6) is -0.186. The van der Waals surface area contributed by atoms with Gasteiger partial charge in [-0.25, -0.2) is 4.98 Å². The van der Waals surface area contributed by atoms with Crippen LogP contribution in [0.3, 0.4) is 0 Å². The number of benzene rings is 2. The lowest BCUT2D eigenvalue weighted by molar-refractivity contribution is -0.137. The van der Waals surface area contributed by atoms with Crippen LogP contribution in [0.15, 0.2) is 53.4 Å². The molecule has 6 rings (SSSR count). The molecule has 0 radical (unpaired) electrons. The molecule has 12 heteroatoms. The maximum Gasteiger partial charge on any atom is 0.416 e. The zero-order valence-electron chi connectivity index (χ0n) is 20.4. The molecule has 1 N–H and O–H groups in total. The molecule has 2 aromatic carbocycles. The molecule has 202 valence electrons. The monoisotopic (exact) mass is 590 g/mol. The maximum absolute atomic E-state index is 13.2. The number of rotatable bonds is 5. The van der Waals surface area contributed by atoms with Crippen LogP contribution in [0.2, 0.25) is 5.02 Å². The van der Waals surface area contributed by atoms with Crippen LogP contribution in [-0.2, 0) is 6.18 Å². The van der Waals surface area contributed by atoms with E-state index in [1.165, 1.54) is 34.8 Å². The first kappa shape index (κ1) is 26.2. The smallest absolute Gasteiger partial charge is 0.336 e. The number of halogens is 4. The number of thiazole rings is 1. The number of carbonyl (C=O) groups is 2. The molecule has 1 atom stereocenters. The molecular formula is C27H22ClF3N4O2S2. The van der Waals surface area contributed by atoms with Gasteiger partial charge in [0.15, 0.2) is 0 Å². The Morgan fingerprint density at radius 2 is 1.69 bits per heavy atom. The van der Waals surface area contributed by atoms with Gasteiger partial charge in [0.1, 0.15) is 10.6 Å². The van der Waals surface area contributed by atoms with Gasteiger partial charge >= 0.3 is 6.18 Å². The van der Waals surface area contributed by atoms with Crippen LogP contribution in [0.25, 0.3) is 21.2 Å². The fourth-order valence-electron chi connectivity index (χ4n) is 5.02. The summed E-state index contributed by atoms with van der Waals surface area (Å²) in [5.41, 5.74) is 2.84. The van der Waals surface area contributed by atoms with Crippen molar-refractivity contribution >= 4 is 56.2 Å². The van der Waals surface area contributed by atoms with Crippen LogP contribution >= 0.6 is 34.3 Å². The van der Waals surface area contributed by atoms with E-state index in [9.17, 15) is 22.8 Å². The van der Waals surface area contributed by atoms with E-state index in [-0.39, 0.29) is 23.9 Å². The van der Waals surface area contributed by atoms with Gasteiger partial charge in [0, 0.05) is 53.7 Å². The summed E-state index contributed by atoms with van der Waals surface area (Å²) in [6.07, 6.45) is -3.54. The zero-order chi connectivity index (χ0) is 27.3. The van der Waals surface area contributed by atoms with E-state index >= 15 is 0 Å². The lowest BCUT2D eigenvalue weighted by atomic mass is 10.0. The van der Waals surface area contributed by atoms with Crippen molar-refractivity contribution in [3.05, 3.63) is 74.5 Å². The van der Waals surface area contributed by atoms with E-state index in [2.05, 4.69) is 10.3 Å². The number of alkyl halides is 3. The van der Waals surface area contributed by atoms with Gasteiger partial charge in [-0.15, -0.1) is 22.7 Å². The molecule has 2 aliphatic heterocycles. The summed E-state index contributed by atoms with van der Waals surface area (Å²) in [6, 6.07) is 10.8. The van der Waals surface area contributed by atoms with Gasteiger partial charge < -0.3 is 15.1 Å². The minimum atomic E-state index is -4.39. The van der Waals surface area contributed by atoms with E-state index in [1.807, 2.05) is 11.0 Å². The quantitative estimate of drug-likeness (QED) is 0.308. The number of carbonyl (C=O) groups excluding carboxylic acids is 2. The third-order valence-corrected chi connectivity index (χ3v) is 9.37. The van der Waals surface area contributed by atoms with E-state index in [0.717, 1.165) is 34.2 Å². The summed E-state index contributed by atoms with van der Waals surface area (Å²) in [4.78, 5) is 33.8. The van der Waals surface area contributed by atoms with Crippen molar-refractivity contribution in [2.45, 2.75) is 24.7 Å². The highest BCUT2D eigenvalue weighted by atomic mass is 35.5. The Bertz CT molecular complexity index is 1530. The van der Waals surface area contributed by atoms with Gasteiger partial charge in [-0.3, -0.25) is 9.59 Å². The predicted octanol–water partition coefficient (Wildman–Crippen LogP) is 6.03. The van der Waals surface area contributed by atoms with Crippen molar-refractivity contribution in [1.29, 1.82) is 0 Å². The van der Waals surface area contributed by atoms with Gasteiger partial charge in [0.25, 0.3) is 11.8 Å². The molecule has 2 aromatic heterocycles. The van der Waals surface area contributed by atoms with Crippen molar-refractivity contribution in [3.63, 3.8) is 0 Å². The van der Waals surface area contributed by atoms with Crippen LogP contribution in [0.5, 0.6) is 0 Å². The van der Waals surface area contributed by atoms with Crippen molar-refractivity contribution in [2.24, 2.45) is 0 Å². The molecule has 4 aromatic rings. The van der Waals surface area contributed by atoms with Gasteiger partial charge in [-0.2, -0.15) is 13.2 Å². The Hall–Kier alpha value is -2.99. The number of amides is 2. The highest BCUT2D eigenvalue weighted by Crippen LogP contribution is 2.39. The Kier molecular flexibility index (Phi) is 6.86. The molecule has 0 unspecified atom stereocenters. The number of fused-ring (bicyclic) bond motifs is 1. The van der Waals surface area contributed by atoms with Crippen LogP contribution in [-0.4, -0.2) is 64.9 Å². The second-order valence-electron chi connectivity index (χ2n) is 9.72. The minimum absolute atomic E-state index is 0.0492. The predicted molar refractivity (Wildman–Crippen MR) is 147 cm³/mol. The first-order valence-electron chi connectivity index (χ1n) is 12.3. The van der Waals surface area contributed by atoms with Gasteiger partial charge in [0.05, 0.1) is 16.1 Å². The lowest BCUT2D eigenvalue weighted by Crippen LogP contribution is -2.62. The van der Waals surface area contributed by atoms with Crippen molar-refractivity contribution in [1.82, 2.24) is 20.1 Å². The van der Waals surface area contributed by atoms with Crippen molar-refractivity contribution in [3.8, 4) is 11.1 Å². The normalized spacial score (nSPS) is 18.1. The maximum atomic E-state index is 13.2. The molecule has 2 saturated heterocycles. The molecule has 6 nitrogen and oxygen atoms in total. The second kappa shape index (κ2) is 10.2. The fraction of sp³-hybridized carbons (Fsp3) is 0.296. The Morgan fingerprint density at radius 3 is 2.38 bits per heavy atom. The molecule has 2 aliphatic rings. The number of aromatic nitrogens is 1. The van der Waals surface area contributed by atoms with E-state index in [1.54, 1.807) is 27.9 Å². The van der Waals surface area contributed by atoms with Crippen LogP contribution in [0, 0.1) is 0 Å². The molecule has 0 spiro atoms. The number of nitrogens with zero attached hydrogens (tertiary/aromatic N) is 3. The average Bonchev–Trinajstić information content (AvgIpc) is 3.66. The third-order valence-electron chi connectivity index (χ3n) is 7.14. The third kappa shape index (κ3) is 5.16. The molecular weight excluding hydrogens is 569 g/mol. The second-order valence-corrected chi connectivity index (χ2v) is 11.9. The topological polar surface area (TPSA) is 65.5 Å². The minimum Gasteiger partial charge on any atom is -0.336 e. The summed E-state index contributed by atoms with van der Waals surface area (Å²) in [5, 5.41) is 6.45. The molecule has 39 heavy (non-hydrogen) atoms. The molecule has 2 amide bonds. The van der Waals surface area contributed by atoms with E-state index < -0.39 is 11.7 Å². The van der Waals surface area contributed by atoms with Gasteiger partial charge in [-0.05, 0) is 35.7 Å². The molecule has 2 fully saturated rings. The van der Waals surface area contributed by atoms with Gasteiger partial charge in [-0.1, -0.05) is 35.9 Å². The number of hydrogen-bond donors (Lipinski definition) is 1. The van der Waals surface area contributed by atoms with Crippen LogP contribution in [0.4, 0.5) is 13.2 Å². The van der Waals surface area contributed by atoms with Crippen molar-refractivity contribution in [2.75, 3.05) is 26.2 Å². The highest BCUT2D eigenvalue weighted by molar-refractivity contribution is 7.21. The summed E-state index contributed by atoms with van der Waals surface area (Å²) in [7, 11) is 0. The van der Waals surface area contributed by atoms with Gasteiger partial charge in [0.2, 0.25) is 0 Å². The first-order chi connectivity index (χ1) is 18.7. The van der Waals surface area contributed by atoms with E-state index in [4.69, 9.17) is 11.6 Å². The van der Waals surface area contributed by atoms with Crippen LogP contribution < -0.4 is 5.32 Å². The number of likely N-dealkylation sites (tertiary alicyclic amines) is 2. The number of thiophene rings is 1. The molecule has 0 bridgehead atoms. The Balaban J connectivity index is 1.08. The standard InChI is InChI=1S/C27H22ClF3N4O2S2/c28-23-20-6-3-16(15-1-4-17(5-2-15)27(29,30)31)9-22(20)39-24(23)26(37)35-11-19(12-35)33-18-7-8-34(10-18)25(36)21-13-38-14-32-21/h1-6,9,13-14,18-19,33H,7-8,10-12H2/t18-/m0/s1. The first-order valence-corrected chi connectivity index (χ1v) is 14.4. The summed E-state index contributed by atoms with van der Waals surface area (Å²) >= 11 is 9.28. The lowest BCUT2D eigenvalue weighted by Gasteiger charge is -2.41. The molecule has 0 aliphatic carbocycles. The summed E-state index contributed by atoms with van der Waals surface area (Å²) < 4.78 is 39.5. The van der Waals surface area contributed by atoms with Crippen LogP contribution in [0.1, 0.15) is 32.1 Å². The number of nitrogens with one attached hydrogen (secondary N) is 1. The fourth-order valence-corrected chi connectivity index (χ4v) is 7.07. The Morgan fingerprint density at radius 1 is 0.974 bits per heavy atom. The van der Waals surface area contributed by atoms with E-state index in [0.29, 0.717) is 47.3 Å².